The Kier molecular flexibility index (Phi) is 4.80. The average molecular weight is 269 g/mol. The van der Waals surface area contributed by atoms with Crippen molar-refractivity contribution >= 4 is 0 Å². The van der Waals surface area contributed by atoms with Gasteiger partial charge < -0.3 is 10.5 Å². The molecule has 0 aromatic heterocycles. The van der Waals surface area contributed by atoms with E-state index in [-0.39, 0.29) is 6.04 Å². The summed E-state index contributed by atoms with van der Waals surface area (Å²) < 4.78 is 5.24. The van der Waals surface area contributed by atoms with E-state index in [4.69, 9.17) is 10.5 Å². The largest absolute Gasteiger partial charge is 0.497 e. The molecule has 0 radical (unpaired) electrons. The van der Waals surface area contributed by atoms with Crippen LogP contribution in [0.2, 0.25) is 0 Å². The zero-order chi connectivity index (χ0) is 14.5. The summed E-state index contributed by atoms with van der Waals surface area (Å²) in [5.74, 6) is 1.43. The van der Waals surface area contributed by atoms with Crippen LogP contribution in [-0.2, 0) is 6.42 Å². The molecule has 0 bridgehead atoms. The summed E-state index contributed by atoms with van der Waals surface area (Å²) >= 11 is 0. The summed E-state index contributed by atoms with van der Waals surface area (Å²) in [6.07, 6.45) is 0.818. The summed E-state index contributed by atoms with van der Waals surface area (Å²) in [5, 5.41) is 0. The van der Waals surface area contributed by atoms with Gasteiger partial charge in [-0.25, -0.2) is 0 Å². The molecule has 2 N–H and O–H groups in total. The SMILES string of the molecule is COc1cccc(CC(N)c2ccc(C(C)C)cc2)c1. The molecule has 20 heavy (non-hydrogen) atoms. The lowest BCUT2D eigenvalue weighted by atomic mass is 9.96. The zero-order valence-corrected chi connectivity index (χ0v) is 12.5. The van der Waals surface area contributed by atoms with Gasteiger partial charge >= 0.3 is 0 Å². The van der Waals surface area contributed by atoms with Crippen LogP contribution in [0, 0.1) is 0 Å². The molecule has 2 aromatic carbocycles. The van der Waals surface area contributed by atoms with Gasteiger partial charge in [-0.1, -0.05) is 50.2 Å². The molecule has 2 rings (SSSR count). The minimum atomic E-state index is 0.0170. The molecular formula is C18H23NO. The van der Waals surface area contributed by atoms with E-state index in [1.807, 2.05) is 18.2 Å². The molecule has 1 atom stereocenters. The van der Waals surface area contributed by atoms with Gasteiger partial charge in [-0.05, 0) is 41.2 Å². The smallest absolute Gasteiger partial charge is 0.119 e. The van der Waals surface area contributed by atoms with Crippen LogP contribution in [0.1, 0.15) is 42.5 Å². The van der Waals surface area contributed by atoms with E-state index in [1.165, 1.54) is 16.7 Å². The van der Waals surface area contributed by atoms with Crippen LogP contribution in [0.3, 0.4) is 0 Å². The molecule has 2 aromatic rings. The summed E-state index contributed by atoms with van der Waals surface area (Å²) in [4.78, 5) is 0. The number of rotatable bonds is 5. The Morgan fingerprint density at radius 1 is 1.00 bits per heavy atom. The highest BCUT2D eigenvalue weighted by Crippen LogP contribution is 2.21. The van der Waals surface area contributed by atoms with Gasteiger partial charge in [0.1, 0.15) is 5.75 Å². The lowest BCUT2D eigenvalue weighted by Gasteiger charge is -2.14. The topological polar surface area (TPSA) is 35.2 Å². The second-order valence-electron chi connectivity index (χ2n) is 5.48. The van der Waals surface area contributed by atoms with Gasteiger partial charge in [-0.2, -0.15) is 0 Å². The number of methoxy groups -OCH3 is 1. The Morgan fingerprint density at radius 3 is 2.25 bits per heavy atom. The quantitative estimate of drug-likeness (QED) is 0.888. The van der Waals surface area contributed by atoms with E-state index < -0.39 is 0 Å². The Morgan fingerprint density at radius 2 is 1.65 bits per heavy atom. The third-order valence-electron chi connectivity index (χ3n) is 3.62. The molecule has 0 saturated carbocycles. The zero-order valence-electron chi connectivity index (χ0n) is 12.5. The van der Waals surface area contributed by atoms with Crippen LogP contribution in [0.25, 0.3) is 0 Å². The van der Waals surface area contributed by atoms with E-state index in [1.54, 1.807) is 7.11 Å². The molecule has 2 nitrogen and oxygen atoms in total. The fraction of sp³-hybridized carbons (Fsp3) is 0.333. The highest BCUT2D eigenvalue weighted by Gasteiger charge is 2.08. The van der Waals surface area contributed by atoms with Crippen molar-refractivity contribution in [3.63, 3.8) is 0 Å². The number of nitrogens with two attached hydrogens (primary N) is 1. The molecular weight excluding hydrogens is 246 g/mol. The maximum Gasteiger partial charge on any atom is 0.119 e. The van der Waals surface area contributed by atoms with Gasteiger partial charge in [0.25, 0.3) is 0 Å². The minimum absolute atomic E-state index is 0.0170. The van der Waals surface area contributed by atoms with E-state index in [0.29, 0.717) is 5.92 Å². The Hall–Kier alpha value is -1.80. The van der Waals surface area contributed by atoms with Crippen LogP contribution in [-0.4, -0.2) is 7.11 Å². The van der Waals surface area contributed by atoms with E-state index in [2.05, 4.69) is 44.2 Å². The second kappa shape index (κ2) is 6.58. The predicted octanol–water partition coefficient (Wildman–Crippen LogP) is 4.06. The summed E-state index contributed by atoms with van der Waals surface area (Å²) in [6.45, 7) is 4.40. The predicted molar refractivity (Wildman–Crippen MR) is 84.2 cm³/mol. The van der Waals surface area contributed by atoms with Crippen molar-refractivity contribution in [1.29, 1.82) is 0 Å². The first-order chi connectivity index (χ1) is 9.60. The first-order valence-electron chi connectivity index (χ1n) is 7.08. The van der Waals surface area contributed by atoms with Crippen molar-refractivity contribution < 1.29 is 4.74 Å². The highest BCUT2D eigenvalue weighted by atomic mass is 16.5. The molecule has 0 aliphatic carbocycles. The molecule has 1 unspecified atom stereocenters. The van der Waals surface area contributed by atoms with Crippen LogP contribution < -0.4 is 10.5 Å². The number of hydrogen-bond donors (Lipinski definition) is 1. The molecule has 0 saturated heterocycles. The Labute approximate surface area is 121 Å². The molecule has 0 aliphatic rings. The first-order valence-corrected chi connectivity index (χ1v) is 7.08. The maximum absolute atomic E-state index is 6.30. The minimum Gasteiger partial charge on any atom is -0.497 e. The molecule has 2 heteroatoms. The molecule has 0 fully saturated rings. The van der Waals surface area contributed by atoms with Gasteiger partial charge in [0.05, 0.1) is 7.11 Å². The number of benzene rings is 2. The monoisotopic (exact) mass is 269 g/mol. The molecule has 0 aliphatic heterocycles. The van der Waals surface area contributed by atoms with Gasteiger partial charge in [0.15, 0.2) is 0 Å². The third kappa shape index (κ3) is 3.61. The summed E-state index contributed by atoms with van der Waals surface area (Å²) in [7, 11) is 1.68. The maximum atomic E-state index is 6.30. The van der Waals surface area contributed by atoms with Crippen LogP contribution in [0.5, 0.6) is 5.75 Å². The molecule has 0 amide bonds. The van der Waals surface area contributed by atoms with Gasteiger partial charge in [-0.3, -0.25) is 0 Å². The van der Waals surface area contributed by atoms with Crippen molar-refractivity contribution in [2.24, 2.45) is 5.73 Å². The highest BCUT2D eigenvalue weighted by molar-refractivity contribution is 5.31. The lowest BCUT2D eigenvalue weighted by Crippen LogP contribution is -2.13. The van der Waals surface area contributed by atoms with Gasteiger partial charge in [-0.15, -0.1) is 0 Å². The van der Waals surface area contributed by atoms with Crippen molar-refractivity contribution in [2.45, 2.75) is 32.2 Å². The summed E-state index contributed by atoms with van der Waals surface area (Å²) in [6, 6.07) is 16.7. The standard InChI is InChI=1S/C18H23NO/c1-13(2)15-7-9-16(10-8-15)18(19)12-14-5-4-6-17(11-14)20-3/h4-11,13,18H,12,19H2,1-3H3. The molecule has 0 heterocycles. The number of ether oxygens (including phenoxy) is 1. The van der Waals surface area contributed by atoms with E-state index >= 15 is 0 Å². The number of hydrogen-bond acceptors (Lipinski definition) is 2. The normalized spacial score (nSPS) is 12.4. The summed E-state index contributed by atoms with van der Waals surface area (Å²) in [5.41, 5.74) is 10.0. The van der Waals surface area contributed by atoms with Gasteiger partial charge in [0, 0.05) is 6.04 Å². The Balaban J connectivity index is 2.08. The average Bonchev–Trinajstić information content (AvgIpc) is 2.47. The lowest BCUT2D eigenvalue weighted by molar-refractivity contribution is 0.414. The molecule has 106 valence electrons. The third-order valence-corrected chi connectivity index (χ3v) is 3.62. The van der Waals surface area contributed by atoms with Gasteiger partial charge in [0.2, 0.25) is 0 Å². The fourth-order valence-corrected chi connectivity index (χ4v) is 2.30. The first kappa shape index (κ1) is 14.6. The van der Waals surface area contributed by atoms with Crippen LogP contribution in [0.4, 0.5) is 0 Å². The van der Waals surface area contributed by atoms with Crippen LogP contribution >= 0.6 is 0 Å². The fourth-order valence-electron chi connectivity index (χ4n) is 2.30. The molecule has 0 spiro atoms. The van der Waals surface area contributed by atoms with E-state index in [9.17, 15) is 0 Å². The Bertz CT molecular complexity index is 546. The second-order valence-corrected chi connectivity index (χ2v) is 5.48. The van der Waals surface area contributed by atoms with Crippen molar-refractivity contribution in [3.05, 3.63) is 65.2 Å². The van der Waals surface area contributed by atoms with E-state index in [0.717, 1.165) is 12.2 Å². The van der Waals surface area contributed by atoms with Crippen molar-refractivity contribution in [3.8, 4) is 5.75 Å². The van der Waals surface area contributed by atoms with Crippen molar-refractivity contribution in [2.75, 3.05) is 7.11 Å². The van der Waals surface area contributed by atoms with Crippen molar-refractivity contribution in [1.82, 2.24) is 0 Å². The van der Waals surface area contributed by atoms with Crippen LogP contribution in [0.15, 0.2) is 48.5 Å².